The molecule has 1 aliphatic rings. The number of nitrogen functional groups attached to an aromatic ring is 1. The van der Waals surface area contributed by atoms with Gasteiger partial charge < -0.3 is 10.6 Å². The molecule has 5 nitrogen and oxygen atoms in total. The third-order valence-corrected chi connectivity index (χ3v) is 3.54. The summed E-state index contributed by atoms with van der Waals surface area (Å²) < 4.78 is 1.69. The Hall–Kier alpha value is -2.30. The summed E-state index contributed by atoms with van der Waals surface area (Å²) in [5, 5.41) is 4.34. The van der Waals surface area contributed by atoms with Crippen LogP contribution in [0.2, 0.25) is 0 Å². The predicted molar refractivity (Wildman–Crippen MR) is 77.7 cm³/mol. The highest BCUT2D eigenvalue weighted by atomic mass is 16.2. The van der Waals surface area contributed by atoms with Gasteiger partial charge in [-0.3, -0.25) is 4.79 Å². The summed E-state index contributed by atoms with van der Waals surface area (Å²) in [5.41, 5.74) is 7.74. The zero-order valence-electron chi connectivity index (χ0n) is 11.5. The fraction of sp³-hybridized carbons (Fsp3) is 0.333. The molecule has 3 rings (SSSR count). The lowest BCUT2D eigenvalue weighted by molar-refractivity contribution is 0.0782. The highest BCUT2D eigenvalue weighted by Crippen LogP contribution is 2.29. The summed E-state index contributed by atoms with van der Waals surface area (Å²) >= 11 is 0. The maximum Gasteiger partial charge on any atom is 0.274 e. The molecule has 104 valence electrons. The Kier molecular flexibility index (Phi) is 3.18. The number of benzene rings is 1. The number of rotatable bonds is 4. The second-order valence-electron chi connectivity index (χ2n) is 5.37. The molecule has 5 heteroatoms. The molecule has 1 fully saturated rings. The smallest absolute Gasteiger partial charge is 0.274 e. The molecule has 1 saturated carbocycles. The molecule has 1 aliphatic carbocycles. The number of anilines is 1. The normalized spacial score (nSPS) is 14.2. The maximum atomic E-state index is 12.2. The van der Waals surface area contributed by atoms with Gasteiger partial charge in [0.05, 0.1) is 5.69 Å². The minimum absolute atomic E-state index is 0.0221. The van der Waals surface area contributed by atoms with Gasteiger partial charge in [0.2, 0.25) is 0 Å². The zero-order chi connectivity index (χ0) is 14.1. The molecule has 0 radical (unpaired) electrons. The summed E-state index contributed by atoms with van der Waals surface area (Å²) in [6, 6.07) is 9.15. The lowest BCUT2D eigenvalue weighted by Gasteiger charge is -2.14. The molecule has 2 N–H and O–H groups in total. The maximum absolute atomic E-state index is 12.2. The zero-order valence-corrected chi connectivity index (χ0v) is 11.5. The standard InChI is InChI=1S/C15H18N4O/c1-18(10-11-2-3-11)15(20)14-8-9-19(17-14)13-6-4-12(16)5-7-13/h4-9,11H,2-3,10,16H2,1H3. The van der Waals surface area contributed by atoms with Crippen molar-refractivity contribution < 1.29 is 4.79 Å². The highest BCUT2D eigenvalue weighted by Gasteiger charge is 2.26. The SMILES string of the molecule is CN(CC1CC1)C(=O)c1ccn(-c2ccc(N)cc2)n1. The van der Waals surface area contributed by atoms with Crippen LogP contribution in [0.1, 0.15) is 23.3 Å². The molecular formula is C15H18N4O. The van der Waals surface area contributed by atoms with Gasteiger partial charge in [-0.25, -0.2) is 4.68 Å². The molecular weight excluding hydrogens is 252 g/mol. The second kappa shape index (κ2) is 5.00. The number of hydrogen-bond acceptors (Lipinski definition) is 3. The van der Waals surface area contributed by atoms with Gasteiger partial charge in [-0.1, -0.05) is 0 Å². The molecule has 1 aromatic heterocycles. The first-order chi connectivity index (χ1) is 9.63. The van der Waals surface area contributed by atoms with Crippen molar-refractivity contribution in [3.8, 4) is 5.69 Å². The molecule has 1 heterocycles. The van der Waals surface area contributed by atoms with E-state index in [1.54, 1.807) is 21.8 Å². The van der Waals surface area contributed by atoms with E-state index < -0.39 is 0 Å². The Morgan fingerprint density at radius 3 is 2.70 bits per heavy atom. The van der Waals surface area contributed by atoms with Crippen LogP contribution < -0.4 is 5.73 Å². The molecule has 1 amide bonds. The lowest BCUT2D eigenvalue weighted by Crippen LogP contribution is -2.29. The van der Waals surface area contributed by atoms with Crippen LogP contribution in [0.3, 0.4) is 0 Å². The lowest BCUT2D eigenvalue weighted by atomic mass is 10.3. The van der Waals surface area contributed by atoms with Gasteiger partial charge in [0.1, 0.15) is 0 Å². The van der Waals surface area contributed by atoms with Crippen LogP contribution >= 0.6 is 0 Å². The summed E-state index contributed by atoms with van der Waals surface area (Å²) in [5.74, 6) is 0.661. The average molecular weight is 270 g/mol. The number of nitrogens with two attached hydrogens (primary N) is 1. The van der Waals surface area contributed by atoms with E-state index >= 15 is 0 Å². The van der Waals surface area contributed by atoms with Crippen LogP contribution in [0.4, 0.5) is 5.69 Å². The molecule has 20 heavy (non-hydrogen) atoms. The monoisotopic (exact) mass is 270 g/mol. The summed E-state index contributed by atoms with van der Waals surface area (Å²) in [7, 11) is 1.84. The summed E-state index contributed by atoms with van der Waals surface area (Å²) in [4.78, 5) is 14.0. The fourth-order valence-corrected chi connectivity index (χ4v) is 2.18. The topological polar surface area (TPSA) is 64.2 Å². The minimum Gasteiger partial charge on any atom is -0.399 e. The van der Waals surface area contributed by atoms with Gasteiger partial charge in [-0.05, 0) is 49.1 Å². The predicted octanol–water partition coefficient (Wildman–Crippen LogP) is 1.94. The van der Waals surface area contributed by atoms with Crippen molar-refractivity contribution >= 4 is 11.6 Å². The van der Waals surface area contributed by atoms with Crippen molar-refractivity contribution in [2.24, 2.45) is 5.92 Å². The molecule has 0 atom stereocenters. The van der Waals surface area contributed by atoms with E-state index in [1.165, 1.54) is 12.8 Å². The number of hydrogen-bond donors (Lipinski definition) is 1. The van der Waals surface area contributed by atoms with E-state index in [1.807, 2.05) is 31.3 Å². The Labute approximate surface area is 118 Å². The first-order valence-corrected chi connectivity index (χ1v) is 6.80. The number of aromatic nitrogens is 2. The van der Waals surface area contributed by atoms with Gasteiger partial charge in [-0.2, -0.15) is 5.10 Å². The van der Waals surface area contributed by atoms with Crippen LogP contribution in [0.15, 0.2) is 36.5 Å². The Morgan fingerprint density at radius 2 is 2.05 bits per heavy atom. The molecule has 1 aromatic carbocycles. The fourth-order valence-electron chi connectivity index (χ4n) is 2.18. The van der Waals surface area contributed by atoms with Gasteiger partial charge in [0, 0.05) is 25.5 Å². The molecule has 0 saturated heterocycles. The quantitative estimate of drug-likeness (QED) is 0.863. The van der Waals surface area contributed by atoms with Crippen molar-refractivity contribution in [3.05, 3.63) is 42.2 Å². The van der Waals surface area contributed by atoms with Crippen LogP contribution in [-0.2, 0) is 0 Å². The van der Waals surface area contributed by atoms with Crippen molar-refractivity contribution in [2.75, 3.05) is 19.3 Å². The largest absolute Gasteiger partial charge is 0.399 e. The third-order valence-electron chi connectivity index (χ3n) is 3.54. The molecule has 2 aromatic rings. The molecule has 0 aliphatic heterocycles. The Morgan fingerprint density at radius 1 is 1.35 bits per heavy atom. The van der Waals surface area contributed by atoms with Crippen LogP contribution in [0.5, 0.6) is 0 Å². The van der Waals surface area contributed by atoms with E-state index in [0.717, 1.165) is 12.2 Å². The van der Waals surface area contributed by atoms with Crippen molar-refractivity contribution in [1.82, 2.24) is 14.7 Å². The van der Waals surface area contributed by atoms with Crippen molar-refractivity contribution in [1.29, 1.82) is 0 Å². The van der Waals surface area contributed by atoms with E-state index in [9.17, 15) is 4.79 Å². The van der Waals surface area contributed by atoms with Crippen molar-refractivity contribution in [2.45, 2.75) is 12.8 Å². The Bertz CT molecular complexity index is 613. The molecule has 0 unspecified atom stereocenters. The van der Waals surface area contributed by atoms with E-state index in [2.05, 4.69) is 5.10 Å². The Balaban J connectivity index is 1.75. The minimum atomic E-state index is -0.0221. The first-order valence-electron chi connectivity index (χ1n) is 6.80. The summed E-state index contributed by atoms with van der Waals surface area (Å²) in [6.45, 7) is 0.827. The first kappa shape index (κ1) is 12.7. The van der Waals surface area contributed by atoms with Crippen molar-refractivity contribution in [3.63, 3.8) is 0 Å². The third kappa shape index (κ3) is 2.66. The highest BCUT2D eigenvalue weighted by molar-refractivity contribution is 5.92. The van der Waals surface area contributed by atoms with Crippen LogP contribution in [0, 0.1) is 5.92 Å². The van der Waals surface area contributed by atoms with Gasteiger partial charge >= 0.3 is 0 Å². The molecule has 0 spiro atoms. The summed E-state index contributed by atoms with van der Waals surface area (Å²) in [6.07, 6.45) is 4.26. The van der Waals surface area contributed by atoms with Crippen LogP contribution in [-0.4, -0.2) is 34.2 Å². The average Bonchev–Trinajstić information content (AvgIpc) is 3.12. The van der Waals surface area contributed by atoms with E-state index in [4.69, 9.17) is 5.73 Å². The number of carbonyl (C=O) groups is 1. The van der Waals surface area contributed by atoms with Gasteiger partial charge in [0.15, 0.2) is 5.69 Å². The number of carbonyl (C=O) groups excluding carboxylic acids is 1. The van der Waals surface area contributed by atoms with E-state index in [0.29, 0.717) is 17.3 Å². The van der Waals surface area contributed by atoms with E-state index in [-0.39, 0.29) is 5.91 Å². The van der Waals surface area contributed by atoms with Gasteiger partial charge in [0.25, 0.3) is 5.91 Å². The van der Waals surface area contributed by atoms with Crippen LogP contribution in [0.25, 0.3) is 5.69 Å². The number of amides is 1. The number of nitrogens with zero attached hydrogens (tertiary/aromatic N) is 3. The van der Waals surface area contributed by atoms with Gasteiger partial charge in [-0.15, -0.1) is 0 Å². The molecule has 0 bridgehead atoms. The second-order valence-corrected chi connectivity index (χ2v) is 5.37.